The van der Waals surface area contributed by atoms with E-state index in [-0.39, 0.29) is 17.9 Å². The second-order valence-electron chi connectivity index (χ2n) is 6.35. The molecule has 3 rings (SSSR count). The lowest BCUT2D eigenvalue weighted by Crippen LogP contribution is -2.38. The molecule has 3 aliphatic rings. The van der Waals surface area contributed by atoms with E-state index in [1.165, 1.54) is 19.3 Å². The number of hydrogen-bond donors (Lipinski definition) is 1. The van der Waals surface area contributed by atoms with Crippen molar-refractivity contribution in [1.82, 2.24) is 4.72 Å². The molecule has 0 unspecified atom stereocenters. The second-order valence-corrected chi connectivity index (χ2v) is 10.6. The van der Waals surface area contributed by atoms with E-state index in [2.05, 4.69) is 4.72 Å². The zero-order chi connectivity index (χ0) is 13.7. The Balaban J connectivity index is 1.57. The van der Waals surface area contributed by atoms with Crippen LogP contribution in [-0.2, 0) is 19.9 Å². The molecule has 2 saturated carbocycles. The van der Waals surface area contributed by atoms with E-state index in [4.69, 9.17) is 0 Å². The molecular weight excluding hydrogens is 286 g/mol. The fraction of sp³-hybridized carbons (Fsp3) is 1.00. The van der Waals surface area contributed by atoms with Gasteiger partial charge in [0.25, 0.3) is 0 Å². The first-order chi connectivity index (χ1) is 8.86. The standard InChI is InChI=1S/C12H21NO4S2/c14-18(15)4-3-12(8-18)19(16,17)13-7-11-6-9-1-2-10(11)5-9/h9-13H,1-8H2/t9-,10-,11-,12-/m0/s1. The van der Waals surface area contributed by atoms with Gasteiger partial charge >= 0.3 is 0 Å². The second kappa shape index (κ2) is 4.70. The van der Waals surface area contributed by atoms with E-state index in [0.717, 1.165) is 12.3 Å². The maximum atomic E-state index is 12.1. The molecule has 19 heavy (non-hydrogen) atoms. The van der Waals surface area contributed by atoms with Crippen LogP contribution in [0.3, 0.4) is 0 Å². The van der Waals surface area contributed by atoms with Gasteiger partial charge in [-0.2, -0.15) is 0 Å². The van der Waals surface area contributed by atoms with Crippen LogP contribution in [0.15, 0.2) is 0 Å². The van der Waals surface area contributed by atoms with Gasteiger partial charge in [0.05, 0.1) is 16.8 Å². The molecule has 0 aromatic rings. The van der Waals surface area contributed by atoms with Crippen LogP contribution in [0.25, 0.3) is 0 Å². The van der Waals surface area contributed by atoms with Crippen molar-refractivity contribution in [3.63, 3.8) is 0 Å². The molecule has 7 heteroatoms. The van der Waals surface area contributed by atoms with Crippen molar-refractivity contribution in [2.75, 3.05) is 18.1 Å². The van der Waals surface area contributed by atoms with Gasteiger partial charge in [0.15, 0.2) is 9.84 Å². The lowest BCUT2D eigenvalue weighted by molar-refractivity contribution is 0.332. The fourth-order valence-electron chi connectivity index (χ4n) is 3.97. The largest absolute Gasteiger partial charge is 0.229 e. The summed E-state index contributed by atoms with van der Waals surface area (Å²) < 4.78 is 49.6. The molecule has 2 aliphatic carbocycles. The molecule has 1 aliphatic heterocycles. The van der Waals surface area contributed by atoms with Gasteiger partial charge in [-0.1, -0.05) is 6.42 Å². The number of rotatable bonds is 4. The number of fused-ring (bicyclic) bond motifs is 2. The first-order valence-corrected chi connectivity index (χ1v) is 10.4. The summed E-state index contributed by atoms with van der Waals surface area (Å²) in [6.07, 6.45) is 5.17. The zero-order valence-electron chi connectivity index (χ0n) is 10.9. The maximum Gasteiger partial charge on any atom is 0.215 e. The van der Waals surface area contributed by atoms with Crippen molar-refractivity contribution in [3.05, 3.63) is 0 Å². The first-order valence-electron chi connectivity index (χ1n) is 7.04. The molecule has 3 fully saturated rings. The fourth-order valence-corrected chi connectivity index (χ4v) is 8.11. The van der Waals surface area contributed by atoms with Gasteiger partial charge in [0.1, 0.15) is 0 Å². The summed E-state index contributed by atoms with van der Waals surface area (Å²) in [4.78, 5) is 0. The summed E-state index contributed by atoms with van der Waals surface area (Å²) in [6, 6.07) is 0. The molecule has 0 radical (unpaired) electrons. The zero-order valence-corrected chi connectivity index (χ0v) is 12.5. The SMILES string of the molecule is O=S1(=O)CC[C@H](S(=O)(=O)NC[C@@H]2C[C@H]3CC[C@H]2C3)C1. The molecule has 110 valence electrons. The van der Waals surface area contributed by atoms with E-state index < -0.39 is 25.1 Å². The van der Waals surface area contributed by atoms with E-state index in [9.17, 15) is 16.8 Å². The van der Waals surface area contributed by atoms with Gasteiger partial charge in [0.2, 0.25) is 10.0 Å². The van der Waals surface area contributed by atoms with Gasteiger partial charge < -0.3 is 0 Å². The van der Waals surface area contributed by atoms with E-state index >= 15 is 0 Å². The third kappa shape index (κ3) is 2.83. The Kier molecular flexibility index (Phi) is 3.42. The van der Waals surface area contributed by atoms with Crippen molar-refractivity contribution >= 4 is 19.9 Å². The third-order valence-electron chi connectivity index (χ3n) is 5.06. The highest BCUT2D eigenvalue weighted by Gasteiger charge is 2.41. The molecule has 1 N–H and O–H groups in total. The Morgan fingerprint density at radius 1 is 1.11 bits per heavy atom. The highest BCUT2D eigenvalue weighted by molar-refractivity contribution is 7.95. The number of sulfone groups is 1. The molecule has 4 atom stereocenters. The van der Waals surface area contributed by atoms with Gasteiger partial charge in [-0.3, -0.25) is 0 Å². The summed E-state index contributed by atoms with van der Waals surface area (Å²) in [7, 11) is -6.61. The molecule has 0 aromatic carbocycles. The van der Waals surface area contributed by atoms with Crippen LogP contribution in [0, 0.1) is 17.8 Å². The van der Waals surface area contributed by atoms with Crippen molar-refractivity contribution in [1.29, 1.82) is 0 Å². The van der Waals surface area contributed by atoms with Crippen molar-refractivity contribution in [2.24, 2.45) is 17.8 Å². The molecule has 1 heterocycles. The average molecular weight is 307 g/mol. The van der Waals surface area contributed by atoms with Crippen LogP contribution >= 0.6 is 0 Å². The predicted molar refractivity (Wildman–Crippen MR) is 72.9 cm³/mol. The van der Waals surface area contributed by atoms with E-state index in [1.54, 1.807) is 0 Å². The van der Waals surface area contributed by atoms with E-state index in [1.807, 2.05) is 0 Å². The lowest BCUT2D eigenvalue weighted by atomic mass is 9.89. The van der Waals surface area contributed by atoms with Gasteiger partial charge in [-0.05, 0) is 43.4 Å². The minimum atomic E-state index is -3.46. The number of sulfonamides is 1. The van der Waals surface area contributed by atoms with Gasteiger partial charge in [-0.25, -0.2) is 21.6 Å². The lowest BCUT2D eigenvalue weighted by Gasteiger charge is -2.22. The smallest absolute Gasteiger partial charge is 0.215 e. The molecule has 0 aromatic heterocycles. The molecule has 0 amide bonds. The Morgan fingerprint density at radius 3 is 2.42 bits per heavy atom. The molecule has 2 bridgehead atoms. The summed E-state index contributed by atoms with van der Waals surface area (Å²) >= 11 is 0. The summed E-state index contributed by atoms with van der Waals surface area (Å²) in [6.45, 7) is 0.500. The highest BCUT2D eigenvalue weighted by Crippen LogP contribution is 2.48. The quantitative estimate of drug-likeness (QED) is 0.821. The van der Waals surface area contributed by atoms with Crippen molar-refractivity contribution in [2.45, 2.75) is 37.4 Å². The minimum Gasteiger partial charge on any atom is -0.229 e. The number of hydrogen-bond acceptors (Lipinski definition) is 4. The maximum absolute atomic E-state index is 12.1. The Labute approximate surface area is 115 Å². The van der Waals surface area contributed by atoms with Crippen LogP contribution in [0.1, 0.15) is 32.1 Å². The number of nitrogens with one attached hydrogen (secondary N) is 1. The molecule has 0 spiro atoms. The van der Waals surface area contributed by atoms with Crippen molar-refractivity contribution < 1.29 is 16.8 Å². The predicted octanol–water partition coefficient (Wildman–Crippen LogP) is 0.529. The van der Waals surface area contributed by atoms with Crippen LogP contribution in [-0.4, -0.2) is 40.1 Å². The Hall–Kier alpha value is -0.140. The molecule has 1 saturated heterocycles. The summed E-state index contributed by atoms with van der Waals surface area (Å²) in [5.74, 6) is 1.74. The average Bonchev–Trinajstić information content (AvgIpc) is 3.01. The summed E-state index contributed by atoms with van der Waals surface area (Å²) in [5.41, 5.74) is 0. The highest BCUT2D eigenvalue weighted by atomic mass is 32.2. The van der Waals surface area contributed by atoms with Crippen LogP contribution < -0.4 is 4.72 Å². The minimum absolute atomic E-state index is 0.00665. The first kappa shape index (κ1) is 13.8. The van der Waals surface area contributed by atoms with Gasteiger partial charge in [-0.15, -0.1) is 0 Å². The monoisotopic (exact) mass is 307 g/mol. The van der Waals surface area contributed by atoms with Gasteiger partial charge in [0, 0.05) is 6.54 Å². The van der Waals surface area contributed by atoms with Crippen LogP contribution in [0.5, 0.6) is 0 Å². The Morgan fingerprint density at radius 2 is 1.89 bits per heavy atom. The molecule has 5 nitrogen and oxygen atoms in total. The molecular formula is C12H21NO4S2. The normalized spacial score (nSPS) is 40.8. The topological polar surface area (TPSA) is 80.3 Å². The summed E-state index contributed by atoms with van der Waals surface area (Å²) in [5, 5.41) is -0.740. The Bertz CT molecular complexity index is 554. The van der Waals surface area contributed by atoms with Crippen molar-refractivity contribution in [3.8, 4) is 0 Å². The van der Waals surface area contributed by atoms with Crippen LogP contribution in [0.2, 0.25) is 0 Å². The third-order valence-corrected chi connectivity index (χ3v) is 8.89. The van der Waals surface area contributed by atoms with E-state index in [0.29, 0.717) is 18.4 Å². The van der Waals surface area contributed by atoms with Crippen LogP contribution in [0.4, 0.5) is 0 Å².